The van der Waals surface area contributed by atoms with Gasteiger partial charge in [-0.25, -0.2) is 8.78 Å². The second-order valence-electron chi connectivity index (χ2n) is 4.75. The molecular weight excluding hydrogens is 312 g/mol. The van der Waals surface area contributed by atoms with E-state index < -0.39 is 23.6 Å². The molecule has 1 atom stereocenters. The molecule has 1 amide bonds. The van der Waals surface area contributed by atoms with Crippen molar-refractivity contribution in [3.8, 4) is 0 Å². The zero-order chi connectivity index (χ0) is 16.3. The number of hydrogen-bond donors (Lipinski definition) is 3. The van der Waals surface area contributed by atoms with Gasteiger partial charge in [-0.1, -0.05) is 11.6 Å². The molecule has 0 radical (unpaired) electrons. The predicted octanol–water partition coefficient (Wildman–Crippen LogP) is 3.65. The number of nitrogens with two attached hydrogens (primary N) is 1. The average Bonchev–Trinajstić information content (AvgIpc) is 2.40. The van der Waals surface area contributed by atoms with Crippen LogP contribution in [0.25, 0.3) is 0 Å². The van der Waals surface area contributed by atoms with E-state index in [-0.39, 0.29) is 5.69 Å². The van der Waals surface area contributed by atoms with Crippen molar-refractivity contribution in [3.05, 3.63) is 53.1 Å². The molecule has 0 fully saturated rings. The first-order valence-corrected chi connectivity index (χ1v) is 6.82. The van der Waals surface area contributed by atoms with E-state index in [0.717, 1.165) is 18.2 Å². The molecule has 4 nitrogen and oxygen atoms in total. The third-order valence-electron chi connectivity index (χ3n) is 2.79. The van der Waals surface area contributed by atoms with Gasteiger partial charge in [-0.05, 0) is 37.3 Å². The van der Waals surface area contributed by atoms with Gasteiger partial charge < -0.3 is 16.4 Å². The van der Waals surface area contributed by atoms with Crippen LogP contribution in [0, 0.1) is 11.6 Å². The summed E-state index contributed by atoms with van der Waals surface area (Å²) in [6, 6.07) is 7.00. The molecule has 0 saturated heterocycles. The van der Waals surface area contributed by atoms with Gasteiger partial charge in [0.15, 0.2) is 0 Å². The number of carbonyl (C=O) groups excluding carboxylic acids is 1. The summed E-state index contributed by atoms with van der Waals surface area (Å²) in [6.07, 6.45) is 0. The molecule has 7 heteroatoms. The van der Waals surface area contributed by atoms with Crippen LogP contribution in [0.4, 0.5) is 25.8 Å². The highest BCUT2D eigenvalue weighted by Crippen LogP contribution is 2.29. The van der Waals surface area contributed by atoms with Crippen molar-refractivity contribution < 1.29 is 13.6 Å². The third-order valence-corrected chi connectivity index (χ3v) is 3.03. The van der Waals surface area contributed by atoms with Crippen LogP contribution in [0.1, 0.15) is 6.92 Å². The summed E-state index contributed by atoms with van der Waals surface area (Å²) in [7, 11) is 0. The van der Waals surface area contributed by atoms with Crippen molar-refractivity contribution in [1.29, 1.82) is 0 Å². The van der Waals surface area contributed by atoms with Gasteiger partial charge in [0.05, 0.1) is 17.4 Å². The molecule has 0 bridgehead atoms. The molecule has 4 N–H and O–H groups in total. The standard InChI is InChI=1S/C15H14ClF2N3O/c1-8(19)15(22)21-13-3-2-9(16)4-14(13)20-12-6-10(17)5-11(18)7-12/h2-8,20H,19H2,1H3,(H,21,22)/t8-/m0/s1. The summed E-state index contributed by atoms with van der Waals surface area (Å²) in [5.74, 6) is -1.83. The summed E-state index contributed by atoms with van der Waals surface area (Å²) in [5, 5.41) is 5.83. The van der Waals surface area contributed by atoms with Gasteiger partial charge in [0, 0.05) is 16.8 Å². The largest absolute Gasteiger partial charge is 0.354 e. The average molecular weight is 326 g/mol. The fourth-order valence-corrected chi connectivity index (χ4v) is 1.93. The lowest BCUT2D eigenvalue weighted by molar-refractivity contribution is -0.117. The van der Waals surface area contributed by atoms with Crippen molar-refractivity contribution >= 4 is 34.6 Å². The highest BCUT2D eigenvalue weighted by atomic mass is 35.5. The number of hydrogen-bond acceptors (Lipinski definition) is 3. The predicted molar refractivity (Wildman–Crippen MR) is 83.4 cm³/mol. The van der Waals surface area contributed by atoms with Crippen molar-refractivity contribution in [1.82, 2.24) is 0 Å². The Bertz CT molecular complexity index is 687. The van der Waals surface area contributed by atoms with E-state index in [0.29, 0.717) is 16.4 Å². The molecule has 0 aliphatic heterocycles. The Morgan fingerprint density at radius 2 is 1.77 bits per heavy atom. The Balaban J connectivity index is 2.32. The minimum atomic E-state index is -0.717. The minimum Gasteiger partial charge on any atom is -0.354 e. The first kappa shape index (κ1) is 16.2. The third kappa shape index (κ3) is 4.16. The van der Waals surface area contributed by atoms with E-state index in [1.165, 1.54) is 6.07 Å². The number of amides is 1. The molecule has 0 saturated carbocycles. The van der Waals surface area contributed by atoms with Gasteiger partial charge in [-0.15, -0.1) is 0 Å². The van der Waals surface area contributed by atoms with Crippen LogP contribution < -0.4 is 16.4 Å². The fourth-order valence-electron chi connectivity index (χ4n) is 1.76. The topological polar surface area (TPSA) is 67.2 Å². The molecule has 0 aromatic heterocycles. The minimum absolute atomic E-state index is 0.191. The highest BCUT2D eigenvalue weighted by molar-refractivity contribution is 6.31. The Labute approximate surface area is 131 Å². The first-order valence-electron chi connectivity index (χ1n) is 6.44. The van der Waals surface area contributed by atoms with Gasteiger partial charge in [0.1, 0.15) is 11.6 Å². The van der Waals surface area contributed by atoms with Crippen LogP contribution in [0.5, 0.6) is 0 Å². The lowest BCUT2D eigenvalue weighted by atomic mass is 10.2. The maximum Gasteiger partial charge on any atom is 0.241 e. The molecule has 0 aliphatic carbocycles. The highest BCUT2D eigenvalue weighted by Gasteiger charge is 2.12. The molecular formula is C15H14ClF2N3O. The van der Waals surface area contributed by atoms with E-state index in [1.54, 1.807) is 19.1 Å². The summed E-state index contributed by atoms with van der Waals surface area (Å²) < 4.78 is 26.5. The van der Waals surface area contributed by atoms with Crippen molar-refractivity contribution in [2.75, 3.05) is 10.6 Å². The van der Waals surface area contributed by atoms with Crippen molar-refractivity contribution in [3.63, 3.8) is 0 Å². The summed E-state index contributed by atoms with van der Waals surface area (Å²) in [6.45, 7) is 1.54. The number of carbonyl (C=O) groups is 1. The molecule has 0 heterocycles. The Morgan fingerprint density at radius 1 is 1.14 bits per heavy atom. The monoisotopic (exact) mass is 325 g/mol. The fraction of sp³-hybridized carbons (Fsp3) is 0.133. The zero-order valence-electron chi connectivity index (χ0n) is 11.7. The molecule has 0 spiro atoms. The summed E-state index contributed by atoms with van der Waals surface area (Å²) in [5.41, 5.74) is 6.48. The number of anilines is 3. The number of nitrogens with one attached hydrogen (secondary N) is 2. The van der Waals surface area contributed by atoms with E-state index in [2.05, 4.69) is 10.6 Å². The lowest BCUT2D eigenvalue weighted by Crippen LogP contribution is -2.32. The van der Waals surface area contributed by atoms with E-state index in [9.17, 15) is 13.6 Å². The van der Waals surface area contributed by atoms with Crippen LogP contribution in [-0.2, 0) is 4.79 Å². The maximum atomic E-state index is 13.2. The molecule has 0 aliphatic rings. The second-order valence-corrected chi connectivity index (χ2v) is 5.19. The van der Waals surface area contributed by atoms with Crippen LogP contribution in [0.3, 0.4) is 0 Å². The van der Waals surface area contributed by atoms with E-state index >= 15 is 0 Å². The van der Waals surface area contributed by atoms with Gasteiger partial charge in [0.25, 0.3) is 0 Å². The molecule has 2 aromatic rings. The lowest BCUT2D eigenvalue weighted by Gasteiger charge is -2.15. The summed E-state index contributed by atoms with van der Waals surface area (Å²) in [4.78, 5) is 11.7. The second kappa shape index (κ2) is 6.72. The molecule has 0 unspecified atom stereocenters. The molecule has 2 aromatic carbocycles. The van der Waals surface area contributed by atoms with Gasteiger partial charge in [-0.3, -0.25) is 4.79 Å². The van der Waals surface area contributed by atoms with Gasteiger partial charge in [-0.2, -0.15) is 0 Å². The first-order chi connectivity index (χ1) is 10.3. The molecule has 22 heavy (non-hydrogen) atoms. The quantitative estimate of drug-likeness (QED) is 0.804. The molecule has 116 valence electrons. The van der Waals surface area contributed by atoms with Crippen LogP contribution in [0.15, 0.2) is 36.4 Å². The maximum absolute atomic E-state index is 13.2. The Kier molecular flexibility index (Phi) is 4.95. The number of benzene rings is 2. The van der Waals surface area contributed by atoms with Crippen LogP contribution in [-0.4, -0.2) is 11.9 Å². The number of rotatable bonds is 4. The van der Waals surface area contributed by atoms with Crippen molar-refractivity contribution in [2.45, 2.75) is 13.0 Å². The Hall–Kier alpha value is -2.18. The Morgan fingerprint density at radius 3 is 2.36 bits per heavy atom. The smallest absolute Gasteiger partial charge is 0.241 e. The van der Waals surface area contributed by atoms with E-state index in [1.807, 2.05) is 0 Å². The van der Waals surface area contributed by atoms with Crippen LogP contribution >= 0.6 is 11.6 Å². The van der Waals surface area contributed by atoms with Crippen molar-refractivity contribution in [2.24, 2.45) is 5.73 Å². The molecule has 2 rings (SSSR count). The van der Waals surface area contributed by atoms with Gasteiger partial charge in [0.2, 0.25) is 5.91 Å². The van der Waals surface area contributed by atoms with Gasteiger partial charge >= 0.3 is 0 Å². The normalized spacial score (nSPS) is 11.9. The number of halogens is 3. The van der Waals surface area contributed by atoms with Crippen LogP contribution in [0.2, 0.25) is 5.02 Å². The summed E-state index contributed by atoms with van der Waals surface area (Å²) >= 11 is 5.92. The van der Waals surface area contributed by atoms with E-state index in [4.69, 9.17) is 17.3 Å². The zero-order valence-corrected chi connectivity index (χ0v) is 12.4. The SMILES string of the molecule is C[C@H](N)C(=O)Nc1ccc(Cl)cc1Nc1cc(F)cc(F)c1.